The minimum Gasteiger partial charge on any atom is -0.299 e. The van der Waals surface area contributed by atoms with Crippen molar-refractivity contribution in [3.05, 3.63) is 55.6 Å². The van der Waals surface area contributed by atoms with Crippen molar-refractivity contribution >= 4 is 35.4 Å². The van der Waals surface area contributed by atoms with Crippen molar-refractivity contribution in [3.8, 4) is 5.69 Å². The van der Waals surface area contributed by atoms with Crippen LogP contribution in [0.2, 0.25) is 10.0 Å². The molecule has 0 saturated carbocycles. The Morgan fingerprint density at radius 1 is 1.19 bits per heavy atom. The highest BCUT2D eigenvalue weighted by Crippen LogP contribution is 2.24. The van der Waals surface area contributed by atoms with E-state index >= 15 is 0 Å². The summed E-state index contributed by atoms with van der Waals surface area (Å²) in [6.07, 6.45) is 1.58. The Morgan fingerprint density at radius 3 is 2.56 bits per heavy atom. The fraction of sp³-hybridized carbons (Fsp3) is 0. The molecule has 0 aliphatic rings. The molecule has 2 aromatic rings. The van der Waals surface area contributed by atoms with Gasteiger partial charge in [-0.25, -0.2) is 0 Å². The van der Waals surface area contributed by atoms with E-state index in [1.807, 2.05) is 0 Å². The van der Waals surface area contributed by atoms with Crippen LogP contribution in [0.25, 0.3) is 5.69 Å². The molecule has 1 heterocycles. The number of benzene rings is 1. The summed E-state index contributed by atoms with van der Waals surface area (Å²) in [6.45, 7) is 0. The number of nitrogens with one attached hydrogen (secondary N) is 1. The molecule has 1 aromatic heterocycles. The average molecular weight is 273 g/mol. The van der Waals surface area contributed by atoms with Crippen LogP contribution in [0.4, 0.5) is 0 Å². The van der Waals surface area contributed by atoms with Crippen LogP contribution in [0.1, 0.15) is 0 Å². The molecule has 0 amide bonds. The van der Waals surface area contributed by atoms with Crippen LogP contribution in [0.15, 0.2) is 35.3 Å². The molecule has 6 heteroatoms. The third-order valence-electron chi connectivity index (χ3n) is 2.01. The summed E-state index contributed by atoms with van der Waals surface area (Å²) < 4.78 is 1.95. The fourth-order valence-electron chi connectivity index (χ4n) is 1.26. The molecular weight excluding hydrogens is 267 g/mol. The van der Waals surface area contributed by atoms with Gasteiger partial charge < -0.3 is 0 Å². The van der Waals surface area contributed by atoms with Gasteiger partial charge in [-0.15, -0.1) is 0 Å². The van der Waals surface area contributed by atoms with Crippen LogP contribution in [0.3, 0.4) is 0 Å². The number of aromatic nitrogens is 2. The van der Waals surface area contributed by atoms with E-state index in [-0.39, 0.29) is 5.56 Å². The predicted molar refractivity (Wildman–Crippen MR) is 67.2 cm³/mol. The van der Waals surface area contributed by atoms with Crippen LogP contribution in [-0.2, 0) is 0 Å². The van der Waals surface area contributed by atoms with Gasteiger partial charge in [0.15, 0.2) is 4.77 Å². The zero-order chi connectivity index (χ0) is 11.7. The predicted octanol–water partition coefficient (Wildman–Crippen LogP) is 3.20. The first-order valence-electron chi connectivity index (χ1n) is 4.35. The van der Waals surface area contributed by atoms with Gasteiger partial charge >= 0.3 is 0 Å². The number of hydrogen-bond donors (Lipinski definition) is 1. The van der Waals surface area contributed by atoms with Crippen molar-refractivity contribution < 1.29 is 0 Å². The van der Waals surface area contributed by atoms with Crippen LogP contribution >= 0.6 is 35.4 Å². The van der Waals surface area contributed by atoms with Crippen molar-refractivity contribution in [2.24, 2.45) is 0 Å². The quantitative estimate of drug-likeness (QED) is 0.810. The first kappa shape index (κ1) is 11.4. The number of aromatic amines is 1. The smallest absolute Gasteiger partial charge is 0.251 e. The molecule has 0 bridgehead atoms. The Balaban J connectivity index is 2.63. The number of H-pyrrole nitrogens is 1. The Bertz CT molecular complexity index is 648. The number of nitrogens with zero attached hydrogens (tertiary/aromatic N) is 1. The zero-order valence-electron chi connectivity index (χ0n) is 7.91. The van der Waals surface area contributed by atoms with Gasteiger partial charge in [-0.3, -0.25) is 14.3 Å². The van der Waals surface area contributed by atoms with Gasteiger partial charge in [0.05, 0.1) is 10.0 Å². The standard InChI is InChI=1S/C10H6Cl2N2OS/c11-7-2-1-6(5-8(7)12)14-4-3-9(15)13-10(14)16/h1-5H,(H,13,15,16). The second kappa shape index (κ2) is 4.41. The SMILES string of the molecule is O=c1ccn(-c2ccc(Cl)c(Cl)c2)c(=S)[nH]1. The molecule has 0 aliphatic heterocycles. The summed E-state index contributed by atoms with van der Waals surface area (Å²) in [6, 6.07) is 6.50. The maximum absolute atomic E-state index is 11.0. The van der Waals surface area contributed by atoms with Crippen molar-refractivity contribution in [2.45, 2.75) is 0 Å². The summed E-state index contributed by atoms with van der Waals surface area (Å²) in [4.78, 5) is 13.5. The van der Waals surface area contributed by atoms with E-state index in [1.165, 1.54) is 6.07 Å². The molecule has 0 aliphatic carbocycles. The molecule has 82 valence electrons. The number of halogens is 2. The van der Waals surface area contributed by atoms with Gasteiger partial charge in [0, 0.05) is 18.0 Å². The number of hydrogen-bond acceptors (Lipinski definition) is 2. The first-order valence-corrected chi connectivity index (χ1v) is 5.52. The average Bonchev–Trinajstić information content (AvgIpc) is 2.22. The van der Waals surface area contributed by atoms with Crippen LogP contribution in [-0.4, -0.2) is 9.55 Å². The van der Waals surface area contributed by atoms with Crippen molar-refractivity contribution in [1.29, 1.82) is 0 Å². The van der Waals surface area contributed by atoms with Gasteiger partial charge in [0.1, 0.15) is 0 Å². The van der Waals surface area contributed by atoms with E-state index in [1.54, 1.807) is 29.0 Å². The Morgan fingerprint density at radius 2 is 1.94 bits per heavy atom. The molecular formula is C10H6Cl2N2OS. The lowest BCUT2D eigenvalue weighted by atomic mass is 10.3. The van der Waals surface area contributed by atoms with E-state index in [0.29, 0.717) is 14.8 Å². The van der Waals surface area contributed by atoms with Gasteiger partial charge in [-0.05, 0) is 30.4 Å². The molecule has 0 unspecified atom stereocenters. The van der Waals surface area contributed by atoms with E-state index in [9.17, 15) is 4.79 Å². The van der Waals surface area contributed by atoms with Crippen LogP contribution in [0, 0.1) is 4.77 Å². The van der Waals surface area contributed by atoms with Crippen molar-refractivity contribution in [1.82, 2.24) is 9.55 Å². The molecule has 1 aromatic carbocycles. The van der Waals surface area contributed by atoms with Gasteiger partial charge in [-0.1, -0.05) is 23.2 Å². The molecule has 16 heavy (non-hydrogen) atoms. The molecule has 0 spiro atoms. The highest BCUT2D eigenvalue weighted by Gasteiger charge is 2.01. The second-order valence-corrected chi connectivity index (χ2v) is 4.28. The molecule has 0 atom stereocenters. The lowest BCUT2D eigenvalue weighted by molar-refractivity contribution is 0.937. The monoisotopic (exact) mass is 272 g/mol. The zero-order valence-corrected chi connectivity index (χ0v) is 10.2. The topological polar surface area (TPSA) is 37.8 Å². The van der Waals surface area contributed by atoms with Gasteiger partial charge in [0.2, 0.25) is 0 Å². The van der Waals surface area contributed by atoms with E-state index in [0.717, 1.165) is 5.69 Å². The molecule has 0 radical (unpaired) electrons. The lowest BCUT2D eigenvalue weighted by Crippen LogP contribution is -2.09. The largest absolute Gasteiger partial charge is 0.299 e. The highest BCUT2D eigenvalue weighted by atomic mass is 35.5. The molecule has 1 N–H and O–H groups in total. The fourth-order valence-corrected chi connectivity index (χ4v) is 1.81. The van der Waals surface area contributed by atoms with Gasteiger partial charge in [-0.2, -0.15) is 0 Å². The Labute approximate surface area is 106 Å². The summed E-state index contributed by atoms with van der Waals surface area (Å²) >= 11 is 16.7. The Kier molecular flexibility index (Phi) is 3.14. The van der Waals surface area contributed by atoms with E-state index in [4.69, 9.17) is 35.4 Å². The summed E-state index contributed by atoms with van der Waals surface area (Å²) in [7, 11) is 0. The third-order valence-corrected chi connectivity index (χ3v) is 3.04. The lowest BCUT2D eigenvalue weighted by Gasteiger charge is -2.06. The summed E-state index contributed by atoms with van der Waals surface area (Å²) in [5.74, 6) is 0. The molecule has 0 fully saturated rings. The van der Waals surface area contributed by atoms with Crippen LogP contribution < -0.4 is 5.56 Å². The minimum absolute atomic E-state index is 0.235. The molecule has 3 nitrogen and oxygen atoms in total. The summed E-state index contributed by atoms with van der Waals surface area (Å²) in [5.41, 5.74) is 0.511. The maximum Gasteiger partial charge on any atom is 0.251 e. The Hall–Kier alpha value is -1.10. The normalized spacial score (nSPS) is 10.4. The number of rotatable bonds is 1. The van der Waals surface area contributed by atoms with Gasteiger partial charge in [0.25, 0.3) is 5.56 Å². The van der Waals surface area contributed by atoms with E-state index in [2.05, 4.69) is 4.98 Å². The highest BCUT2D eigenvalue weighted by molar-refractivity contribution is 7.71. The van der Waals surface area contributed by atoms with Crippen molar-refractivity contribution in [2.75, 3.05) is 0 Å². The first-order chi connectivity index (χ1) is 7.58. The summed E-state index contributed by atoms with van der Waals surface area (Å²) in [5, 5.41) is 0.911. The van der Waals surface area contributed by atoms with Crippen molar-refractivity contribution in [3.63, 3.8) is 0 Å². The second-order valence-electron chi connectivity index (χ2n) is 3.08. The third kappa shape index (κ3) is 2.19. The molecule has 0 saturated heterocycles. The maximum atomic E-state index is 11.0. The van der Waals surface area contributed by atoms with E-state index < -0.39 is 0 Å². The van der Waals surface area contributed by atoms with Crippen LogP contribution in [0.5, 0.6) is 0 Å². The minimum atomic E-state index is -0.235. The molecule has 2 rings (SSSR count).